The highest BCUT2D eigenvalue weighted by Crippen LogP contribution is 2.23. The number of halogens is 2. The number of ether oxygens (including phenoxy) is 1. The maximum absolute atomic E-state index is 13.4. The Morgan fingerprint density at radius 3 is 2.50 bits per heavy atom. The Labute approximate surface area is 161 Å². The topological polar surface area (TPSA) is 93.5 Å². The van der Waals surface area contributed by atoms with Gasteiger partial charge in [0, 0.05) is 13.1 Å². The molecule has 2 aromatic rings. The third-order valence-corrected chi connectivity index (χ3v) is 3.85. The summed E-state index contributed by atoms with van der Waals surface area (Å²) < 4.78 is 33.0. The standard InChI is InChI=1S/C19H23F2N3O4/c1-12(2)10-24-17(18(20)21)15(9-23-24)19(27)22-8-7-13-3-5-14(6-4-13)28-11-16(25)26/h3-6,9,12,18H,7-8,10-11H2,1-2H3,(H,22,27)(H,25,26). The summed E-state index contributed by atoms with van der Waals surface area (Å²) in [5.41, 5.74) is 0.395. The van der Waals surface area contributed by atoms with Crippen molar-refractivity contribution in [2.75, 3.05) is 13.2 Å². The van der Waals surface area contributed by atoms with Crippen molar-refractivity contribution in [1.82, 2.24) is 15.1 Å². The zero-order valence-corrected chi connectivity index (χ0v) is 15.7. The number of hydrogen-bond acceptors (Lipinski definition) is 4. The van der Waals surface area contributed by atoms with Crippen molar-refractivity contribution in [2.24, 2.45) is 5.92 Å². The second kappa shape index (κ2) is 9.82. The van der Waals surface area contributed by atoms with Gasteiger partial charge in [-0.15, -0.1) is 0 Å². The average molecular weight is 395 g/mol. The van der Waals surface area contributed by atoms with Gasteiger partial charge in [0.2, 0.25) is 0 Å². The fraction of sp³-hybridized carbons (Fsp3) is 0.421. The first-order valence-electron chi connectivity index (χ1n) is 8.83. The van der Waals surface area contributed by atoms with E-state index in [4.69, 9.17) is 9.84 Å². The summed E-state index contributed by atoms with van der Waals surface area (Å²) in [6.45, 7) is 3.91. The highest BCUT2D eigenvalue weighted by atomic mass is 19.3. The molecule has 1 aromatic carbocycles. The summed E-state index contributed by atoms with van der Waals surface area (Å²) >= 11 is 0. The molecule has 0 spiro atoms. The number of rotatable bonds is 10. The smallest absolute Gasteiger partial charge is 0.341 e. The molecule has 7 nitrogen and oxygen atoms in total. The van der Waals surface area contributed by atoms with Gasteiger partial charge in [0.1, 0.15) is 11.4 Å². The van der Waals surface area contributed by atoms with E-state index in [-0.39, 0.29) is 23.7 Å². The molecule has 0 aliphatic heterocycles. The molecule has 9 heteroatoms. The average Bonchev–Trinajstić information content (AvgIpc) is 3.04. The number of nitrogens with zero attached hydrogens (tertiary/aromatic N) is 2. The number of carboxylic acid groups (broad SMARTS) is 1. The van der Waals surface area contributed by atoms with Crippen LogP contribution in [0.1, 0.15) is 41.9 Å². The lowest BCUT2D eigenvalue weighted by Crippen LogP contribution is -2.26. The minimum atomic E-state index is -2.79. The Balaban J connectivity index is 1.92. The minimum absolute atomic E-state index is 0.118. The summed E-state index contributed by atoms with van der Waals surface area (Å²) in [6, 6.07) is 6.75. The first-order valence-corrected chi connectivity index (χ1v) is 8.83. The molecule has 0 bridgehead atoms. The normalized spacial score (nSPS) is 11.1. The maximum atomic E-state index is 13.4. The molecule has 1 heterocycles. The molecule has 2 rings (SSSR count). The van der Waals surface area contributed by atoms with Crippen LogP contribution in [0.2, 0.25) is 0 Å². The molecule has 0 radical (unpaired) electrons. The molecule has 1 aromatic heterocycles. The number of aromatic nitrogens is 2. The van der Waals surface area contributed by atoms with Gasteiger partial charge in [0.05, 0.1) is 11.8 Å². The van der Waals surface area contributed by atoms with Crippen molar-refractivity contribution in [2.45, 2.75) is 33.2 Å². The van der Waals surface area contributed by atoms with E-state index in [0.717, 1.165) is 5.56 Å². The number of alkyl halides is 2. The van der Waals surface area contributed by atoms with Crippen LogP contribution in [0, 0.1) is 5.92 Å². The van der Waals surface area contributed by atoms with E-state index in [9.17, 15) is 18.4 Å². The van der Waals surface area contributed by atoms with Gasteiger partial charge in [-0.2, -0.15) is 5.10 Å². The van der Waals surface area contributed by atoms with Crippen molar-refractivity contribution in [3.05, 3.63) is 47.3 Å². The lowest BCUT2D eigenvalue weighted by molar-refractivity contribution is -0.139. The van der Waals surface area contributed by atoms with Gasteiger partial charge in [-0.05, 0) is 30.0 Å². The van der Waals surface area contributed by atoms with Crippen LogP contribution in [0.25, 0.3) is 0 Å². The van der Waals surface area contributed by atoms with Gasteiger partial charge in [-0.25, -0.2) is 13.6 Å². The molecule has 0 saturated carbocycles. The first kappa shape index (κ1) is 21.3. The van der Waals surface area contributed by atoms with Crippen LogP contribution < -0.4 is 10.1 Å². The number of carbonyl (C=O) groups excluding carboxylic acids is 1. The summed E-state index contributed by atoms with van der Waals surface area (Å²) in [5, 5.41) is 15.1. The van der Waals surface area contributed by atoms with E-state index in [1.54, 1.807) is 24.3 Å². The van der Waals surface area contributed by atoms with Crippen LogP contribution in [-0.4, -0.2) is 39.9 Å². The third-order valence-electron chi connectivity index (χ3n) is 3.85. The van der Waals surface area contributed by atoms with E-state index in [1.807, 2.05) is 13.8 Å². The van der Waals surface area contributed by atoms with Crippen LogP contribution >= 0.6 is 0 Å². The van der Waals surface area contributed by atoms with Gasteiger partial charge >= 0.3 is 5.97 Å². The monoisotopic (exact) mass is 395 g/mol. The minimum Gasteiger partial charge on any atom is -0.482 e. The maximum Gasteiger partial charge on any atom is 0.341 e. The van der Waals surface area contributed by atoms with Crippen LogP contribution in [0.3, 0.4) is 0 Å². The van der Waals surface area contributed by atoms with Crippen LogP contribution in [0.4, 0.5) is 8.78 Å². The third kappa shape index (κ3) is 6.04. The lowest BCUT2D eigenvalue weighted by Gasteiger charge is -2.11. The van der Waals surface area contributed by atoms with Crippen molar-refractivity contribution in [3.63, 3.8) is 0 Å². The number of amides is 1. The Morgan fingerprint density at radius 2 is 1.93 bits per heavy atom. The quantitative estimate of drug-likeness (QED) is 0.645. The second-order valence-electron chi connectivity index (χ2n) is 6.65. The number of aliphatic carboxylic acids is 1. The molecular weight excluding hydrogens is 372 g/mol. The zero-order valence-electron chi connectivity index (χ0n) is 15.7. The fourth-order valence-electron chi connectivity index (χ4n) is 2.60. The summed E-state index contributed by atoms with van der Waals surface area (Å²) in [7, 11) is 0. The number of carbonyl (C=O) groups is 2. The Morgan fingerprint density at radius 1 is 1.25 bits per heavy atom. The predicted molar refractivity (Wildman–Crippen MR) is 97.6 cm³/mol. The Kier molecular flexibility index (Phi) is 7.48. The van der Waals surface area contributed by atoms with Crippen molar-refractivity contribution in [3.8, 4) is 5.75 Å². The number of nitrogens with one attached hydrogen (secondary N) is 1. The SMILES string of the molecule is CC(C)Cn1ncc(C(=O)NCCc2ccc(OCC(=O)O)cc2)c1C(F)F. The summed E-state index contributed by atoms with van der Waals surface area (Å²) in [4.78, 5) is 22.8. The van der Waals surface area contributed by atoms with E-state index >= 15 is 0 Å². The molecule has 1 amide bonds. The molecule has 152 valence electrons. The van der Waals surface area contributed by atoms with Crippen molar-refractivity contribution < 1.29 is 28.2 Å². The van der Waals surface area contributed by atoms with Gasteiger partial charge in [-0.3, -0.25) is 9.48 Å². The molecule has 2 N–H and O–H groups in total. The highest BCUT2D eigenvalue weighted by molar-refractivity contribution is 5.95. The lowest BCUT2D eigenvalue weighted by atomic mass is 10.1. The summed E-state index contributed by atoms with van der Waals surface area (Å²) in [5.74, 6) is -1.11. The molecule has 0 aliphatic rings. The van der Waals surface area contributed by atoms with Crippen molar-refractivity contribution in [1.29, 1.82) is 0 Å². The first-order chi connectivity index (χ1) is 13.3. The second-order valence-corrected chi connectivity index (χ2v) is 6.65. The van der Waals surface area contributed by atoms with Crippen LogP contribution in [0.5, 0.6) is 5.75 Å². The van der Waals surface area contributed by atoms with E-state index < -0.39 is 24.9 Å². The van der Waals surface area contributed by atoms with Crippen molar-refractivity contribution >= 4 is 11.9 Å². The Hall–Kier alpha value is -2.97. The largest absolute Gasteiger partial charge is 0.482 e. The summed E-state index contributed by atoms with van der Waals surface area (Å²) in [6.07, 6.45) is -1.14. The van der Waals surface area contributed by atoms with Crippen LogP contribution in [0.15, 0.2) is 30.5 Å². The molecule has 0 saturated heterocycles. The van der Waals surface area contributed by atoms with Gasteiger partial charge in [0.25, 0.3) is 12.3 Å². The molecule has 0 aliphatic carbocycles. The van der Waals surface area contributed by atoms with Gasteiger partial charge in [0.15, 0.2) is 6.61 Å². The molecule has 0 fully saturated rings. The van der Waals surface area contributed by atoms with E-state index in [0.29, 0.717) is 18.7 Å². The van der Waals surface area contributed by atoms with Gasteiger partial charge in [-0.1, -0.05) is 26.0 Å². The van der Waals surface area contributed by atoms with E-state index in [2.05, 4.69) is 10.4 Å². The molecular formula is C19H23F2N3O4. The van der Waals surface area contributed by atoms with E-state index in [1.165, 1.54) is 10.9 Å². The molecule has 0 atom stereocenters. The number of benzene rings is 1. The van der Waals surface area contributed by atoms with Crippen LogP contribution in [-0.2, 0) is 17.8 Å². The fourth-order valence-corrected chi connectivity index (χ4v) is 2.60. The molecule has 28 heavy (non-hydrogen) atoms. The molecule has 0 unspecified atom stereocenters. The number of carboxylic acids is 1. The van der Waals surface area contributed by atoms with Gasteiger partial charge < -0.3 is 15.2 Å². The number of hydrogen-bond donors (Lipinski definition) is 2. The zero-order chi connectivity index (χ0) is 20.7. The highest BCUT2D eigenvalue weighted by Gasteiger charge is 2.24. The Bertz CT molecular complexity index is 804. The predicted octanol–water partition coefficient (Wildman–Crippen LogP) is 2.91.